The zero-order chi connectivity index (χ0) is 17.2. The second kappa shape index (κ2) is 6.61. The maximum absolute atomic E-state index is 12.9. The van der Waals surface area contributed by atoms with Crippen molar-refractivity contribution < 1.29 is 13.6 Å². The third-order valence-electron chi connectivity index (χ3n) is 3.80. The number of benzene rings is 2. The zero-order valence-electron chi connectivity index (χ0n) is 13.1. The molecule has 0 fully saturated rings. The van der Waals surface area contributed by atoms with Crippen LogP contribution in [0.5, 0.6) is 5.75 Å². The van der Waals surface area contributed by atoms with Crippen molar-refractivity contribution in [2.75, 3.05) is 0 Å². The van der Waals surface area contributed by atoms with Crippen molar-refractivity contribution in [3.8, 4) is 17.3 Å². The van der Waals surface area contributed by atoms with Crippen LogP contribution in [0.3, 0.4) is 0 Å². The van der Waals surface area contributed by atoms with Crippen molar-refractivity contribution in [3.05, 3.63) is 87.2 Å². The molecule has 0 N–H and O–H groups in total. The summed E-state index contributed by atoms with van der Waals surface area (Å²) in [6, 6.07) is 18.3. The molecule has 4 nitrogen and oxygen atoms in total. The van der Waals surface area contributed by atoms with Gasteiger partial charge >= 0.3 is 0 Å². The minimum atomic E-state index is -0.217. The summed E-state index contributed by atoms with van der Waals surface area (Å²) in [7, 11) is 0. The standard InChI is InChI=1S/C20H13BrO4/c21-14-9-7-13(8-10-14)12-24-20-18(22)15-4-1-2-5-16(15)25-19(20)17-6-3-11-23-17/h1-11H,12H2. The van der Waals surface area contributed by atoms with E-state index in [1.165, 1.54) is 6.26 Å². The highest BCUT2D eigenvalue weighted by Crippen LogP contribution is 2.31. The largest absolute Gasteiger partial charge is 0.481 e. The molecule has 2 aromatic carbocycles. The molecule has 0 saturated carbocycles. The van der Waals surface area contributed by atoms with Crippen LogP contribution in [0.4, 0.5) is 0 Å². The van der Waals surface area contributed by atoms with Crippen LogP contribution in [0.15, 0.2) is 85.0 Å². The van der Waals surface area contributed by atoms with Crippen molar-refractivity contribution in [1.82, 2.24) is 0 Å². The van der Waals surface area contributed by atoms with E-state index in [4.69, 9.17) is 13.6 Å². The summed E-state index contributed by atoms with van der Waals surface area (Å²) in [5.74, 6) is 0.899. The number of halogens is 1. The lowest BCUT2D eigenvalue weighted by Gasteiger charge is -2.10. The van der Waals surface area contributed by atoms with Gasteiger partial charge in [-0.2, -0.15) is 0 Å². The molecule has 0 amide bonds. The van der Waals surface area contributed by atoms with Gasteiger partial charge < -0.3 is 13.6 Å². The first-order valence-corrected chi connectivity index (χ1v) is 8.48. The molecule has 0 aliphatic heterocycles. The van der Waals surface area contributed by atoms with Crippen LogP contribution in [-0.4, -0.2) is 0 Å². The Balaban J connectivity index is 1.80. The van der Waals surface area contributed by atoms with Gasteiger partial charge in [0.1, 0.15) is 12.2 Å². The number of ether oxygens (including phenoxy) is 1. The Morgan fingerprint density at radius 1 is 0.960 bits per heavy atom. The first kappa shape index (κ1) is 15.7. The molecule has 2 heterocycles. The van der Waals surface area contributed by atoms with E-state index in [-0.39, 0.29) is 17.8 Å². The third-order valence-corrected chi connectivity index (χ3v) is 4.33. The Hall–Kier alpha value is -2.79. The van der Waals surface area contributed by atoms with Crippen molar-refractivity contribution in [3.63, 3.8) is 0 Å². The van der Waals surface area contributed by atoms with Gasteiger partial charge in [0.25, 0.3) is 0 Å². The van der Waals surface area contributed by atoms with Gasteiger partial charge in [0.05, 0.1) is 11.6 Å². The minimum absolute atomic E-state index is 0.150. The monoisotopic (exact) mass is 396 g/mol. The van der Waals surface area contributed by atoms with Crippen LogP contribution in [0, 0.1) is 0 Å². The van der Waals surface area contributed by atoms with Gasteiger partial charge in [0.2, 0.25) is 16.9 Å². The maximum atomic E-state index is 12.9. The minimum Gasteiger partial charge on any atom is -0.481 e. The predicted octanol–water partition coefficient (Wildman–Crippen LogP) is 5.39. The van der Waals surface area contributed by atoms with Gasteiger partial charge in [0, 0.05) is 4.47 Å². The fourth-order valence-corrected chi connectivity index (χ4v) is 2.83. The van der Waals surface area contributed by atoms with Crippen molar-refractivity contribution >= 4 is 26.9 Å². The highest BCUT2D eigenvalue weighted by molar-refractivity contribution is 9.10. The second-order valence-electron chi connectivity index (χ2n) is 5.48. The summed E-state index contributed by atoms with van der Waals surface area (Å²) in [4.78, 5) is 12.9. The Morgan fingerprint density at radius 3 is 2.52 bits per heavy atom. The van der Waals surface area contributed by atoms with Gasteiger partial charge in [0.15, 0.2) is 5.76 Å². The van der Waals surface area contributed by atoms with Crippen LogP contribution in [0.25, 0.3) is 22.5 Å². The molecule has 2 aromatic heterocycles. The summed E-state index contributed by atoms with van der Waals surface area (Å²) in [5.41, 5.74) is 1.22. The van der Waals surface area contributed by atoms with Gasteiger partial charge in [-0.25, -0.2) is 0 Å². The fourth-order valence-electron chi connectivity index (χ4n) is 2.56. The molecular weight excluding hydrogens is 384 g/mol. The zero-order valence-corrected chi connectivity index (χ0v) is 14.7. The second-order valence-corrected chi connectivity index (χ2v) is 6.39. The Labute approximate surface area is 151 Å². The number of fused-ring (bicyclic) bond motifs is 1. The first-order chi connectivity index (χ1) is 12.2. The van der Waals surface area contributed by atoms with Crippen molar-refractivity contribution in [1.29, 1.82) is 0 Å². The average Bonchev–Trinajstić information content (AvgIpc) is 3.17. The normalized spacial score (nSPS) is 10.9. The maximum Gasteiger partial charge on any atom is 0.235 e. The van der Waals surface area contributed by atoms with Gasteiger partial charge in [-0.15, -0.1) is 0 Å². The lowest BCUT2D eigenvalue weighted by molar-refractivity contribution is 0.296. The molecule has 4 rings (SSSR count). The van der Waals surface area contributed by atoms with Crippen LogP contribution in [0.1, 0.15) is 5.56 Å². The average molecular weight is 397 g/mol. The molecule has 0 aliphatic rings. The molecular formula is C20H13BrO4. The predicted molar refractivity (Wildman–Crippen MR) is 98.7 cm³/mol. The topological polar surface area (TPSA) is 52.6 Å². The van der Waals surface area contributed by atoms with E-state index in [0.717, 1.165) is 10.0 Å². The third kappa shape index (κ3) is 3.10. The molecule has 0 saturated heterocycles. The number of para-hydroxylation sites is 1. The summed E-state index contributed by atoms with van der Waals surface area (Å²) < 4.78 is 18.1. The highest BCUT2D eigenvalue weighted by Gasteiger charge is 2.19. The van der Waals surface area contributed by atoms with E-state index in [2.05, 4.69) is 15.9 Å². The van der Waals surface area contributed by atoms with E-state index < -0.39 is 0 Å². The number of rotatable bonds is 4. The highest BCUT2D eigenvalue weighted by atomic mass is 79.9. The molecule has 0 aliphatic carbocycles. The summed E-state index contributed by atoms with van der Waals surface area (Å²) >= 11 is 3.40. The van der Waals surface area contributed by atoms with Crippen LogP contribution >= 0.6 is 15.9 Å². The Morgan fingerprint density at radius 2 is 1.76 bits per heavy atom. The van der Waals surface area contributed by atoms with Crippen LogP contribution in [-0.2, 0) is 6.61 Å². The van der Waals surface area contributed by atoms with Gasteiger partial charge in [-0.3, -0.25) is 4.79 Å². The summed E-state index contributed by atoms with van der Waals surface area (Å²) in [6.45, 7) is 0.254. The van der Waals surface area contributed by atoms with Crippen LogP contribution < -0.4 is 10.2 Å². The molecule has 25 heavy (non-hydrogen) atoms. The number of hydrogen-bond acceptors (Lipinski definition) is 4. The Bertz CT molecular complexity index is 1060. The quantitative estimate of drug-likeness (QED) is 0.463. The molecule has 0 radical (unpaired) electrons. The lowest BCUT2D eigenvalue weighted by Crippen LogP contribution is -2.10. The molecule has 4 aromatic rings. The van der Waals surface area contributed by atoms with E-state index >= 15 is 0 Å². The summed E-state index contributed by atoms with van der Waals surface area (Å²) in [6.07, 6.45) is 1.53. The lowest BCUT2D eigenvalue weighted by atomic mass is 10.2. The number of furan rings is 1. The Kier molecular flexibility index (Phi) is 4.15. The summed E-state index contributed by atoms with van der Waals surface area (Å²) in [5, 5.41) is 0.476. The SMILES string of the molecule is O=c1c(OCc2ccc(Br)cc2)c(-c2ccco2)oc2ccccc12. The van der Waals surface area contributed by atoms with Crippen molar-refractivity contribution in [2.24, 2.45) is 0 Å². The van der Waals surface area contributed by atoms with Gasteiger partial charge in [-0.1, -0.05) is 40.2 Å². The smallest absolute Gasteiger partial charge is 0.235 e. The molecule has 0 bridgehead atoms. The molecule has 0 atom stereocenters. The molecule has 5 heteroatoms. The van der Waals surface area contributed by atoms with Gasteiger partial charge in [-0.05, 0) is 42.0 Å². The van der Waals surface area contributed by atoms with E-state index in [0.29, 0.717) is 22.5 Å². The first-order valence-electron chi connectivity index (χ1n) is 7.69. The van der Waals surface area contributed by atoms with E-state index in [1.807, 2.05) is 30.3 Å². The van der Waals surface area contributed by atoms with E-state index in [1.54, 1.807) is 30.3 Å². The fraction of sp³-hybridized carbons (Fsp3) is 0.0500. The molecule has 0 unspecified atom stereocenters. The van der Waals surface area contributed by atoms with Crippen molar-refractivity contribution in [2.45, 2.75) is 6.61 Å². The van der Waals surface area contributed by atoms with E-state index in [9.17, 15) is 4.79 Å². The molecule has 124 valence electrons. The number of hydrogen-bond donors (Lipinski definition) is 0. The molecule has 0 spiro atoms. The van der Waals surface area contributed by atoms with Crippen LogP contribution in [0.2, 0.25) is 0 Å².